The van der Waals surface area contributed by atoms with Crippen LogP contribution in [0.3, 0.4) is 0 Å². The van der Waals surface area contributed by atoms with Crippen molar-refractivity contribution in [3.8, 4) is 0 Å². The predicted molar refractivity (Wildman–Crippen MR) is 381 cm³/mol. The van der Waals surface area contributed by atoms with E-state index >= 15 is 0 Å². The summed E-state index contributed by atoms with van der Waals surface area (Å²) in [4.78, 5) is 72.2. The number of esters is 6. The van der Waals surface area contributed by atoms with Gasteiger partial charge in [0, 0.05) is 0 Å². The van der Waals surface area contributed by atoms with Crippen LogP contribution in [0.5, 0.6) is 0 Å². The highest BCUT2D eigenvalue weighted by molar-refractivity contribution is 5.78. The topological polar surface area (TPSA) is 158 Å². The van der Waals surface area contributed by atoms with Crippen LogP contribution >= 0.6 is 0 Å². The Hall–Kier alpha value is -3.18. The van der Waals surface area contributed by atoms with Crippen LogP contribution in [0.15, 0.2) is 0 Å². The van der Waals surface area contributed by atoms with E-state index in [1.807, 2.05) is 138 Å². The number of hydrogen-bond donors (Lipinski definition) is 0. The fraction of sp³-hybridized carbons (Fsp3) is 0.926. The Kier molecular flexibility index (Phi) is 33.3. The molecule has 8 rings (SSSR count). The number of hydrogen-bond acceptors (Lipinski definition) is 12. The van der Waals surface area contributed by atoms with Crippen molar-refractivity contribution in [1.29, 1.82) is 0 Å². The number of carbonyl (C=O) groups excluding carboxylic acids is 6. The molecule has 93 heavy (non-hydrogen) atoms. The average molecular weight is 1310 g/mol. The van der Waals surface area contributed by atoms with Crippen LogP contribution in [0.2, 0.25) is 0 Å². The van der Waals surface area contributed by atoms with Crippen molar-refractivity contribution in [1.82, 2.24) is 0 Å². The highest BCUT2D eigenvalue weighted by atomic mass is 16.6. The molecule has 0 radical (unpaired) electrons. The van der Waals surface area contributed by atoms with Gasteiger partial charge in [0.15, 0.2) is 0 Å². The van der Waals surface area contributed by atoms with Crippen LogP contribution in [0.25, 0.3) is 0 Å². The maximum absolute atomic E-state index is 12.6. The molecule has 0 spiro atoms. The van der Waals surface area contributed by atoms with Crippen LogP contribution < -0.4 is 0 Å². The molecular weight excluding hydrogens is 1160 g/mol. The summed E-state index contributed by atoms with van der Waals surface area (Å²) in [6.45, 7) is 52.3. The summed E-state index contributed by atoms with van der Waals surface area (Å²) in [5.74, 6) is 2.97. The summed E-state index contributed by atoms with van der Waals surface area (Å²) in [6.07, 6.45) is 35.9. The zero-order chi connectivity index (χ0) is 71.4. The van der Waals surface area contributed by atoms with Gasteiger partial charge in [0.05, 0.1) is 32.5 Å². The van der Waals surface area contributed by atoms with Gasteiger partial charge in [-0.15, -0.1) is 0 Å². The Morgan fingerprint density at radius 2 is 0.548 bits per heavy atom. The van der Waals surface area contributed by atoms with Crippen molar-refractivity contribution in [3.05, 3.63) is 0 Å². The lowest BCUT2D eigenvalue weighted by atomic mass is 9.49. The third-order valence-corrected chi connectivity index (χ3v) is 24.6. The molecule has 8 aliphatic rings. The van der Waals surface area contributed by atoms with E-state index in [0.29, 0.717) is 11.8 Å². The molecule has 0 amide bonds. The highest BCUT2D eigenvalue weighted by Gasteiger charge is 2.59. The number of ether oxygens (including phenoxy) is 6. The van der Waals surface area contributed by atoms with Gasteiger partial charge in [-0.2, -0.15) is 0 Å². The van der Waals surface area contributed by atoms with Gasteiger partial charge < -0.3 is 28.4 Å². The largest absolute Gasteiger partial charge is 0.459 e. The first-order valence-corrected chi connectivity index (χ1v) is 38.3. The molecule has 0 aromatic carbocycles. The van der Waals surface area contributed by atoms with E-state index in [2.05, 4.69) is 41.5 Å². The summed E-state index contributed by atoms with van der Waals surface area (Å²) in [5, 5.41) is 0. The Morgan fingerprint density at radius 3 is 0.817 bits per heavy atom. The van der Waals surface area contributed by atoms with E-state index in [0.717, 1.165) is 127 Å². The molecule has 544 valence electrons. The molecule has 0 saturated heterocycles. The third-order valence-electron chi connectivity index (χ3n) is 24.6. The van der Waals surface area contributed by atoms with Gasteiger partial charge in [-0.3, -0.25) is 28.8 Å². The zero-order valence-corrected chi connectivity index (χ0v) is 65.5. The monoisotopic (exact) mass is 1310 g/mol. The molecule has 12 nitrogen and oxygen atoms in total. The van der Waals surface area contributed by atoms with Crippen molar-refractivity contribution in [2.45, 2.75) is 426 Å². The van der Waals surface area contributed by atoms with Gasteiger partial charge in [0.1, 0.15) is 33.6 Å². The Balaban J connectivity index is 0.000000383. The second-order valence-electron chi connectivity index (χ2n) is 35.0. The highest BCUT2D eigenvalue weighted by Crippen LogP contribution is 2.61. The van der Waals surface area contributed by atoms with Crippen molar-refractivity contribution in [2.24, 2.45) is 56.2 Å². The summed E-state index contributed by atoms with van der Waals surface area (Å²) < 4.78 is 34.6. The molecule has 0 aliphatic heterocycles. The van der Waals surface area contributed by atoms with Gasteiger partial charge >= 0.3 is 35.8 Å². The third kappa shape index (κ3) is 25.3. The van der Waals surface area contributed by atoms with Crippen molar-refractivity contribution in [2.75, 3.05) is 0 Å². The van der Waals surface area contributed by atoms with Gasteiger partial charge in [-0.1, -0.05) is 82.1 Å². The smallest absolute Gasteiger partial charge is 0.312 e. The fourth-order valence-corrected chi connectivity index (χ4v) is 13.7. The van der Waals surface area contributed by atoms with E-state index in [-0.39, 0.29) is 102 Å². The minimum atomic E-state index is -0.355. The van der Waals surface area contributed by atoms with E-state index in [9.17, 15) is 28.8 Å². The average Bonchev–Trinajstić information content (AvgIpc) is 1.18. The maximum atomic E-state index is 12.6. The molecule has 0 aromatic rings. The SMILES string of the molecule is CCC(C)(C)C(=O)OC1(C)CCCC1.CCC(C)(C)C(=O)OC1(C)CCCCC1.CCC(C)(C)C(=O)OC1(CC)C2CC3CC(C2)CC1C3.CCC(C)(C)OC(=O)C(C)(C)CC.CCC1(OC(=O)C(C)(C)CC)CCCC1.CCC1(OC(=O)C(C)(C)CC)CCCCC1. The van der Waals surface area contributed by atoms with Gasteiger partial charge in [0.25, 0.3) is 0 Å². The molecule has 4 bridgehead atoms. The summed E-state index contributed by atoms with van der Waals surface area (Å²) >= 11 is 0. The van der Waals surface area contributed by atoms with Gasteiger partial charge in [-0.05, 0) is 333 Å². The van der Waals surface area contributed by atoms with Crippen molar-refractivity contribution >= 4 is 35.8 Å². The minimum absolute atomic E-state index is 0.0150. The molecule has 0 heterocycles. The summed E-state index contributed by atoms with van der Waals surface area (Å²) in [5.41, 5.74) is -3.13. The molecule has 0 aromatic heterocycles. The second-order valence-corrected chi connectivity index (χ2v) is 35.0. The molecule has 8 aliphatic carbocycles. The molecule has 0 atom stereocenters. The lowest BCUT2D eigenvalue weighted by Gasteiger charge is -2.60. The van der Waals surface area contributed by atoms with Crippen LogP contribution in [0.1, 0.15) is 392 Å². The molecule has 0 unspecified atom stereocenters. The van der Waals surface area contributed by atoms with Crippen molar-refractivity contribution < 1.29 is 57.2 Å². The molecule has 12 heteroatoms. The van der Waals surface area contributed by atoms with Crippen LogP contribution in [0, 0.1) is 56.2 Å². The standard InChI is InChI=1S/C18H30O2.C14H26O2.2C13H24O2.C12H22O2.C11H22O2/c1-5-17(3,4)16(19)20-18(6-2)14-8-12-7-13(10-14)11-15(18)9-12;1-5-13(3,4)12(15)16-14(6-2)10-8-7-9-11-14;1-5-12(2,3)11(14)15-13(4)9-7-6-8-10-13;1-5-12(3,4)11(14)15-13(6-2)9-7-8-10-13;1-5-11(2,3)10(13)14-12(4)8-6-7-9-12;1-7-10(3,4)9(12)13-11(5,6)8-2/h12-15H,5-11H2,1-4H3;5-11H2,1-4H3;2*5-10H2,1-4H3;5-9H2,1-4H3;7-8H2,1-6H3. The van der Waals surface area contributed by atoms with Gasteiger partial charge in [0.2, 0.25) is 0 Å². The first-order valence-electron chi connectivity index (χ1n) is 38.3. The Labute approximate surface area is 572 Å². The molecule has 8 fully saturated rings. The Bertz CT molecular complexity index is 2260. The fourth-order valence-electron chi connectivity index (χ4n) is 13.7. The predicted octanol–water partition coefficient (Wildman–Crippen LogP) is 22.5. The van der Waals surface area contributed by atoms with Crippen LogP contribution in [-0.4, -0.2) is 69.4 Å². The van der Waals surface area contributed by atoms with E-state index < -0.39 is 0 Å². The van der Waals surface area contributed by atoms with E-state index in [4.69, 9.17) is 28.4 Å². The van der Waals surface area contributed by atoms with Crippen molar-refractivity contribution in [3.63, 3.8) is 0 Å². The Morgan fingerprint density at radius 1 is 0.301 bits per heavy atom. The number of carbonyl (C=O) groups is 6. The maximum Gasteiger partial charge on any atom is 0.312 e. The van der Waals surface area contributed by atoms with E-state index in [1.165, 1.54) is 96.3 Å². The summed E-state index contributed by atoms with van der Waals surface area (Å²) in [6, 6.07) is 0. The summed E-state index contributed by atoms with van der Waals surface area (Å²) in [7, 11) is 0. The first-order chi connectivity index (χ1) is 42.9. The molecular formula is C81H148O12. The molecule has 0 N–H and O–H groups in total. The van der Waals surface area contributed by atoms with Crippen LogP contribution in [-0.2, 0) is 57.2 Å². The zero-order valence-electron chi connectivity index (χ0n) is 65.5. The normalized spacial score (nSPS) is 24.3. The minimum Gasteiger partial charge on any atom is -0.459 e. The lowest BCUT2D eigenvalue weighted by molar-refractivity contribution is -0.218. The quantitative estimate of drug-likeness (QED) is 0.0747. The van der Waals surface area contributed by atoms with Gasteiger partial charge in [-0.25, -0.2) is 0 Å². The van der Waals surface area contributed by atoms with Crippen LogP contribution in [0.4, 0.5) is 0 Å². The first kappa shape index (κ1) is 85.9. The molecule has 8 saturated carbocycles. The van der Waals surface area contributed by atoms with E-state index in [1.54, 1.807) is 0 Å². The lowest BCUT2D eigenvalue weighted by Crippen LogP contribution is -2.60. The number of rotatable bonds is 22. The second kappa shape index (κ2) is 36.1.